The maximum Gasteiger partial charge on any atom is 0.215 e. The molecule has 0 aliphatic carbocycles. The first kappa shape index (κ1) is 18.2. The quantitative estimate of drug-likeness (QED) is 0.690. The number of hydrogen-bond acceptors (Lipinski definition) is 5. The number of nitrogens with zero attached hydrogens (tertiary/aromatic N) is 1. The van der Waals surface area contributed by atoms with E-state index in [-0.39, 0.29) is 5.75 Å². The smallest absolute Gasteiger partial charge is 0.215 e. The first-order valence-electron chi connectivity index (χ1n) is 8.38. The number of hydrogen-bond donors (Lipinski definition) is 1. The summed E-state index contributed by atoms with van der Waals surface area (Å²) >= 11 is 0. The second-order valence-corrected chi connectivity index (χ2v) is 8.43. The molecule has 26 heavy (non-hydrogen) atoms. The van der Waals surface area contributed by atoms with E-state index in [1.54, 1.807) is 7.11 Å². The lowest BCUT2D eigenvalue weighted by Gasteiger charge is -2.11. The van der Waals surface area contributed by atoms with Crippen LogP contribution in [0.3, 0.4) is 0 Å². The molecule has 0 atom stereocenters. The van der Waals surface area contributed by atoms with E-state index in [1.165, 1.54) is 6.26 Å². The Labute approximate surface area is 154 Å². The van der Waals surface area contributed by atoms with Crippen LogP contribution in [-0.2, 0) is 22.0 Å². The zero-order valence-electron chi connectivity index (χ0n) is 14.9. The summed E-state index contributed by atoms with van der Waals surface area (Å²) in [5, 5.41) is 4.50. The molecule has 6 heteroatoms. The van der Waals surface area contributed by atoms with E-state index in [4.69, 9.17) is 4.74 Å². The number of methoxy groups -OCH3 is 1. The van der Waals surface area contributed by atoms with Gasteiger partial charge in [0.1, 0.15) is 0 Å². The van der Waals surface area contributed by atoms with Gasteiger partial charge in [-0.1, -0.05) is 42.5 Å². The first-order chi connectivity index (χ1) is 12.4. The minimum Gasteiger partial charge on any atom is -0.481 e. The minimum absolute atomic E-state index is 0.0777. The molecule has 3 rings (SSSR count). The number of rotatable bonds is 7. The largest absolute Gasteiger partial charge is 0.481 e. The third-order valence-electron chi connectivity index (χ3n) is 4.08. The Balaban J connectivity index is 1.67. The predicted molar refractivity (Wildman–Crippen MR) is 105 cm³/mol. The van der Waals surface area contributed by atoms with Gasteiger partial charge in [0.05, 0.1) is 18.4 Å². The van der Waals surface area contributed by atoms with Gasteiger partial charge in [0.2, 0.25) is 5.88 Å². The van der Waals surface area contributed by atoms with E-state index in [9.17, 15) is 8.42 Å². The second-order valence-electron chi connectivity index (χ2n) is 6.29. The van der Waals surface area contributed by atoms with E-state index < -0.39 is 9.84 Å². The van der Waals surface area contributed by atoms with Crippen molar-refractivity contribution in [2.45, 2.75) is 12.2 Å². The Hall–Kier alpha value is -2.60. The van der Waals surface area contributed by atoms with Gasteiger partial charge in [0.15, 0.2) is 9.84 Å². The average molecular weight is 370 g/mol. The molecule has 0 radical (unpaired) electrons. The number of fused-ring (bicyclic) bond motifs is 1. The molecule has 1 aromatic heterocycles. The van der Waals surface area contributed by atoms with Crippen LogP contribution in [0.25, 0.3) is 10.9 Å². The van der Waals surface area contributed by atoms with E-state index in [2.05, 4.69) is 10.3 Å². The van der Waals surface area contributed by atoms with Gasteiger partial charge in [-0.15, -0.1) is 0 Å². The molecule has 136 valence electrons. The topological polar surface area (TPSA) is 68.3 Å². The Bertz CT molecular complexity index is 999. The zero-order chi connectivity index (χ0) is 18.6. The van der Waals surface area contributed by atoms with E-state index in [0.717, 1.165) is 40.7 Å². The van der Waals surface area contributed by atoms with Crippen molar-refractivity contribution >= 4 is 26.4 Å². The van der Waals surface area contributed by atoms with Crippen molar-refractivity contribution in [3.63, 3.8) is 0 Å². The molecule has 0 aliphatic heterocycles. The molecule has 0 fully saturated rings. The van der Waals surface area contributed by atoms with Crippen LogP contribution in [0.2, 0.25) is 0 Å². The van der Waals surface area contributed by atoms with Gasteiger partial charge in [-0.2, -0.15) is 0 Å². The van der Waals surface area contributed by atoms with Crippen molar-refractivity contribution in [3.05, 3.63) is 65.7 Å². The highest BCUT2D eigenvalue weighted by Gasteiger charge is 2.06. The van der Waals surface area contributed by atoms with Crippen LogP contribution < -0.4 is 10.1 Å². The Morgan fingerprint density at radius 3 is 2.42 bits per heavy atom. The average Bonchev–Trinajstić information content (AvgIpc) is 2.61. The first-order valence-corrected chi connectivity index (χ1v) is 10.4. The summed E-state index contributed by atoms with van der Waals surface area (Å²) in [6.07, 6.45) is 2.08. The van der Waals surface area contributed by atoms with Gasteiger partial charge in [-0.3, -0.25) is 0 Å². The lowest BCUT2D eigenvalue weighted by Crippen LogP contribution is -2.06. The fraction of sp³-hybridized carbons (Fsp3) is 0.250. The number of sulfone groups is 1. The molecule has 2 aromatic carbocycles. The van der Waals surface area contributed by atoms with Crippen LogP contribution in [0.5, 0.6) is 5.88 Å². The second kappa shape index (κ2) is 7.74. The van der Waals surface area contributed by atoms with Crippen molar-refractivity contribution in [1.29, 1.82) is 0 Å². The van der Waals surface area contributed by atoms with Crippen molar-refractivity contribution in [3.8, 4) is 5.88 Å². The maximum absolute atomic E-state index is 11.3. The van der Waals surface area contributed by atoms with Gasteiger partial charge in [0, 0.05) is 29.9 Å². The molecule has 0 aliphatic rings. The number of para-hydroxylation sites is 1. The summed E-state index contributed by atoms with van der Waals surface area (Å²) in [5.74, 6) is 0.658. The molecule has 0 saturated carbocycles. The standard InChI is InChI=1S/C20H22N2O3S/c1-25-20-13-19(17-5-3-4-6-18(17)22-20)21-12-11-15-7-9-16(10-8-15)14-26(2,23)24/h3-10,13H,11-12,14H2,1-2H3,(H,21,22). The highest BCUT2D eigenvalue weighted by atomic mass is 32.2. The monoisotopic (exact) mass is 370 g/mol. The summed E-state index contributed by atoms with van der Waals surface area (Å²) in [4.78, 5) is 4.45. The highest BCUT2D eigenvalue weighted by Crippen LogP contribution is 2.26. The number of benzene rings is 2. The van der Waals surface area contributed by atoms with E-state index >= 15 is 0 Å². The lowest BCUT2D eigenvalue weighted by molar-refractivity contribution is 0.400. The van der Waals surface area contributed by atoms with Crippen LogP contribution in [0.15, 0.2) is 54.6 Å². The molecule has 1 N–H and O–H groups in total. The summed E-state index contributed by atoms with van der Waals surface area (Å²) in [6.45, 7) is 0.753. The SMILES string of the molecule is COc1cc(NCCc2ccc(CS(C)(=O)=O)cc2)c2ccccc2n1. The van der Waals surface area contributed by atoms with Gasteiger partial charge in [0.25, 0.3) is 0 Å². The number of ether oxygens (including phenoxy) is 1. The van der Waals surface area contributed by atoms with E-state index in [0.29, 0.717) is 5.88 Å². The van der Waals surface area contributed by atoms with Crippen LogP contribution in [0.4, 0.5) is 5.69 Å². The summed E-state index contributed by atoms with van der Waals surface area (Å²) < 4.78 is 28.0. The minimum atomic E-state index is -3.00. The van der Waals surface area contributed by atoms with Gasteiger partial charge in [-0.05, 0) is 23.6 Å². The fourth-order valence-electron chi connectivity index (χ4n) is 2.85. The Morgan fingerprint density at radius 1 is 1.04 bits per heavy atom. The third-order valence-corrected chi connectivity index (χ3v) is 4.94. The summed E-state index contributed by atoms with van der Waals surface area (Å²) in [6, 6.07) is 17.5. The Kier molecular flexibility index (Phi) is 5.42. The molecule has 0 bridgehead atoms. The van der Waals surface area contributed by atoms with Crippen molar-refractivity contribution < 1.29 is 13.2 Å². The highest BCUT2D eigenvalue weighted by molar-refractivity contribution is 7.89. The molecule has 1 heterocycles. The van der Waals surface area contributed by atoms with Gasteiger partial charge >= 0.3 is 0 Å². The number of anilines is 1. The van der Waals surface area contributed by atoms with Crippen LogP contribution in [0.1, 0.15) is 11.1 Å². The molecular formula is C20H22N2O3S. The van der Waals surface area contributed by atoms with Crippen molar-refractivity contribution in [2.75, 3.05) is 25.2 Å². The van der Waals surface area contributed by atoms with Crippen LogP contribution in [-0.4, -0.2) is 33.3 Å². The van der Waals surface area contributed by atoms with Crippen LogP contribution in [0, 0.1) is 0 Å². The number of aromatic nitrogens is 1. The molecule has 5 nitrogen and oxygen atoms in total. The summed E-state index contributed by atoms with van der Waals surface area (Å²) in [7, 11) is -1.39. The van der Waals surface area contributed by atoms with Crippen molar-refractivity contribution in [2.24, 2.45) is 0 Å². The van der Waals surface area contributed by atoms with Gasteiger partial charge in [-0.25, -0.2) is 13.4 Å². The molecule has 0 unspecified atom stereocenters. The normalized spacial score (nSPS) is 11.5. The molecule has 0 amide bonds. The maximum atomic E-state index is 11.3. The molecule has 3 aromatic rings. The van der Waals surface area contributed by atoms with Gasteiger partial charge < -0.3 is 10.1 Å². The predicted octanol–water partition coefficient (Wildman–Crippen LogP) is 3.44. The van der Waals surface area contributed by atoms with Crippen LogP contribution >= 0.6 is 0 Å². The fourth-order valence-corrected chi connectivity index (χ4v) is 3.65. The molecular weight excluding hydrogens is 348 g/mol. The third kappa shape index (κ3) is 4.73. The Morgan fingerprint density at radius 2 is 1.73 bits per heavy atom. The molecule has 0 spiro atoms. The lowest BCUT2D eigenvalue weighted by atomic mass is 10.1. The van der Waals surface area contributed by atoms with Crippen molar-refractivity contribution in [1.82, 2.24) is 4.98 Å². The number of pyridine rings is 1. The zero-order valence-corrected chi connectivity index (χ0v) is 15.7. The summed E-state index contributed by atoms with van der Waals surface area (Å²) in [5.41, 5.74) is 3.84. The molecule has 0 saturated heterocycles. The number of nitrogens with one attached hydrogen (secondary N) is 1. The van der Waals surface area contributed by atoms with E-state index in [1.807, 2.05) is 54.6 Å².